The lowest BCUT2D eigenvalue weighted by molar-refractivity contribution is 0.681. The highest BCUT2D eigenvalue weighted by atomic mass is 35.5. The van der Waals surface area contributed by atoms with Crippen LogP contribution in [0.3, 0.4) is 0 Å². The SMILES string of the molecule is Cc1cnc(CS(=O)Cc2c(Cl)cccc2Cl)cn1. The third-order valence-corrected chi connectivity index (χ3v) is 4.45. The average molecular weight is 315 g/mol. The maximum Gasteiger partial charge on any atom is 0.0711 e. The zero-order valence-corrected chi connectivity index (χ0v) is 12.6. The average Bonchev–Trinajstić information content (AvgIpc) is 2.37. The van der Waals surface area contributed by atoms with Crippen molar-refractivity contribution in [1.29, 1.82) is 0 Å². The van der Waals surface area contributed by atoms with Crippen LogP contribution in [0.4, 0.5) is 0 Å². The molecule has 2 rings (SSSR count). The van der Waals surface area contributed by atoms with Gasteiger partial charge in [0.25, 0.3) is 0 Å². The highest BCUT2D eigenvalue weighted by Gasteiger charge is 2.11. The Labute approximate surface area is 124 Å². The highest BCUT2D eigenvalue weighted by molar-refractivity contribution is 7.83. The van der Waals surface area contributed by atoms with Crippen molar-refractivity contribution in [2.45, 2.75) is 18.4 Å². The number of hydrogen-bond donors (Lipinski definition) is 0. The molecule has 0 spiro atoms. The minimum absolute atomic E-state index is 0.314. The van der Waals surface area contributed by atoms with E-state index >= 15 is 0 Å². The molecule has 0 saturated heterocycles. The molecule has 1 heterocycles. The van der Waals surface area contributed by atoms with E-state index in [1.807, 2.05) is 6.92 Å². The molecule has 0 saturated carbocycles. The number of aryl methyl sites for hydroxylation is 1. The minimum Gasteiger partial charge on any atom is -0.259 e. The van der Waals surface area contributed by atoms with Crippen molar-refractivity contribution in [1.82, 2.24) is 9.97 Å². The van der Waals surface area contributed by atoms with Gasteiger partial charge in [0.05, 0.1) is 22.9 Å². The summed E-state index contributed by atoms with van der Waals surface area (Å²) in [5, 5.41) is 1.08. The Balaban J connectivity index is 2.07. The van der Waals surface area contributed by atoms with Gasteiger partial charge >= 0.3 is 0 Å². The summed E-state index contributed by atoms with van der Waals surface area (Å²) in [7, 11) is -1.12. The van der Waals surface area contributed by atoms with Gasteiger partial charge in [0.15, 0.2) is 0 Å². The molecular weight excluding hydrogens is 303 g/mol. The molecule has 0 aliphatic heterocycles. The highest BCUT2D eigenvalue weighted by Crippen LogP contribution is 2.25. The summed E-state index contributed by atoms with van der Waals surface area (Å²) in [4.78, 5) is 8.31. The van der Waals surface area contributed by atoms with E-state index in [1.54, 1.807) is 30.6 Å². The van der Waals surface area contributed by atoms with Gasteiger partial charge in [-0.25, -0.2) is 0 Å². The lowest BCUT2D eigenvalue weighted by Gasteiger charge is -2.06. The van der Waals surface area contributed by atoms with Crippen molar-refractivity contribution in [3.63, 3.8) is 0 Å². The fraction of sp³-hybridized carbons (Fsp3) is 0.231. The van der Waals surface area contributed by atoms with E-state index in [-0.39, 0.29) is 0 Å². The summed E-state index contributed by atoms with van der Waals surface area (Å²) < 4.78 is 12.1. The van der Waals surface area contributed by atoms with Gasteiger partial charge in [-0.1, -0.05) is 29.3 Å². The maximum atomic E-state index is 12.1. The standard InChI is InChI=1S/C13H12Cl2N2OS/c1-9-5-17-10(6-16-9)7-19(18)8-11-12(14)3-2-4-13(11)15/h2-6H,7-8H2,1H3. The van der Waals surface area contributed by atoms with Gasteiger partial charge in [-0.15, -0.1) is 0 Å². The van der Waals surface area contributed by atoms with E-state index in [1.165, 1.54) is 0 Å². The van der Waals surface area contributed by atoms with Crippen LogP contribution in [0.1, 0.15) is 17.0 Å². The summed E-state index contributed by atoms with van der Waals surface area (Å²) in [6, 6.07) is 5.25. The Bertz CT molecular complexity index is 582. The molecule has 19 heavy (non-hydrogen) atoms. The van der Waals surface area contributed by atoms with Gasteiger partial charge < -0.3 is 0 Å². The maximum absolute atomic E-state index is 12.1. The van der Waals surface area contributed by atoms with Crippen LogP contribution in [0, 0.1) is 6.92 Å². The molecular formula is C13H12Cl2N2OS. The lowest BCUT2D eigenvalue weighted by Crippen LogP contribution is -2.03. The van der Waals surface area contributed by atoms with E-state index < -0.39 is 10.8 Å². The number of aromatic nitrogens is 2. The molecule has 0 amide bonds. The van der Waals surface area contributed by atoms with E-state index in [0.717, 1.165) is 5.69 Å². The van der Waals surface area contributed by atoms with Crippen LogP contribution >= 0.6 is 23.2 Å². The number of halogens is 2. The lowest BCUT2D eigenvalue weighted by atomic mass is 10.2. The van der Waals surface area contributed by atoms with E-state index in [9.17, 15) is 4.21 Å². The summed E-state index contributed by atoms with van der Waals surface area (Å²) in [5.74, 6) is 0.656. The number of benzene rings is 1. The van der Waals surface area contributed by atoms with Gasteiger partial charge in [0.1, 0.15) is 0 Å². The van der Waals surface area contributed by atoms with Gasteiger partial charge in [-0.05, 0) is 19.1 Å². The molecule has 0 radical (unpaired) electrons. The van der Waals surface area contributed by atoms with E-state index in [4.69, 9.17) is 23.2 Å². The second-order valence-electron chi connectivity index (χ2n) is 4.08. The fourth-order valence-corrected chi connectivity index (χ4v) is 3.44. The summed E-state index contributed by atoms with van der Waals surface area (Å²) in [6.45, 7) is 1.86. The van der Waals surface area contributed by atoms with Crippen molar-refractivity contribution in [3.8, 4) is 0 Å². The first-order valence-electron chi connectivity index (χ1n) is 5.61. The summed E-state index contributed by atoms with van der Waals surface area (Å²) in [5.41, 5.74) is 2.25. The first kappa shape index (κ1) is 14.4. The Morgan fingerprint density at radius 2 is 1.79 bits per heavy atom. The van der Waals surface area contributed by atoms with Crippen LogP contribution in [0.2, 0.25) is 10.0 Å². The molecule has 1 aromatic carbocycles. The molecule has 0 bridgehead atoms. The normalized spacial score (nSPS) is 12.4. The first-order valence-corrected chi connectivity index (χ1v) is 7.86. The second-order valence-corrected chi connectivity index (χ2v) is 6.35. The summed E-state index contributed by atoms with van der Waals surface area (Å²) in [6.07, 6.45) is 3.30. The van der Waals surface area contributed by atoms with Crippen LogP contribution in [0.25, 0.3) is 0 Å². The molecule has 0 fully saturated rings. The topological polar surface area (TPSA) is 42.9 Å². The van der Waals surface area contributed by atoms with Crippen LogP contribution in [0.15, 0.2) is 30.6 Å². The second kappa shape index (κ2) is 6.46. The van der Waals surface area contributed by atoms with Gasteiger partial charge in [0.2, 0.25) is 0 Å². The van der Waals surface area contributed by atoms with Crippen molar-refractivity contribution in [3.05, 3.63) is 57.6 Å². The predicted molar refractivity (Wildman–Crippen MR) is 78.8 cm³/mol. The summed E-state index contributed by atoms with van der Waals surface area (Å²) >= 11 is 12.1. The van der Waals surface area contributed by atoms with Gasteiger partial charge in [-0.2, -0.15) is 0 Å². The molecule has 1 aromatic heterocycles. The number of hydrogen-bond acceptors (Lipinski definition) is 3. The predicted octanol–water partition coefficient (Wildman–Crippen LogP) is 3.54. The van der Waals surface area contributed by atoms with Gasteiger partial charge in [0, 0.05) is 38.8 Å². The smallest absolute Gasteiger partial charge is 0.0711 e. The molecule has 100 valence electrons. The van der Waals surface area contributed by atoms with Crippen molar-refractivity contribution in [2.24, 2.45) is 0 Å². The van der Waals surface area contributed by atoms with Crippen LogP contribution in [-0.2, 0) is 22.3 Å². The Kier molecular flexibility index (Phi) is 4.91. The zero-order chi connectivity index (χ0) is 13.8. The molecule has 0 aliphatic rings. The van der Waals surface area contributed by atoms with Gasteiger partial charge in [-0.3, -0.25) is 14.2 Å². The van der Waals surface area contributed by atoms with E-state index in [0.29, 0.717) is 32.8 Å². The molecule has 6 heteroatoms. The molecule has 0 aliphatic carbocycles. The van der Waals surface area contributed by atoms with Crippen molar-refractivity contribution < 1.29 is 4.21 Å². The van der Waals surface area contributed by atoms with Crippen LogP contribution < -0.4 is 0 Å². The van der Waals surface area contributed by atoms with Crippen molar-refractivity contribution >= 4 is 34.0 Å². The Morgan fingerprint density at radius 1 is 1.11 bits per heavy atom. The van der Waals surface area contributed by atoms with Crippen LogP contribution in [-0.4, -0.2) is 14.2 Å². The van der Waals surface area contributed by atoms with E-state index in [2.05, 4.69) is 9.97 Å². The van der Waals surface area contributed by atoms with Crippen LogP contribution in [0.5, 0.6) is 0 Å². The Hall–Kier alpha value is -0.970. The Morgan fingerprint density at radius 3 is 2.37 bits per heavy atom. The monoisotopic (exact) mass is 314 g/mol. The van der Waals surface area contributed by atoms with Crippen molar-refractivity contribution in [2.75, 3.05) is 0 Å². The fourth-order valence-electron chi connectivity index (χ4n) is 1.54. The quantitative estimate of drug-likeness (QED) is 0.867. The molecule has 0 N–H and O–H groups in total. The largest absolute Gasteiger partial charge is 0.259 e. The third-order valence-electron chi connectivity index (χ3n) is 2.51. The number of nitrogens with zero attached hydrogens (tertiary/aromatic N) is 2. The minimum atomic E-state index is -1.12. The molecule has 1 atom stereocenters. The first-order chi connectivity index (χ1) is 9.06. The number of rotatable bonds is 4. The zero-order valence-electron chi connectivity index (χ0n) is 10.3. The molecule has 1 unspecified atom stereocenters. The molecule has 2 aromatic rings. The molecule has 3 nitrogen and oxygen atoms in total. The third kappa shape index (κ3) is 4.00.